The van der Waals surface area contributed by atoms with Gasteiger partial charge in [0.1, 0.15) is 11.6 Å². The summed E-state index contributed by atoms with van der Waals surface area (Å²) in [5.41, 5.74) is 2.63. The van der Waals surface area contributed by atoms with Crippen molar-refractivity contribution in [3.63, 3.8) is 0 Å². The van der Waals surface area contributed by atoms with E-state index in [1.165, 1.54) is 24.3 Å². The minimum absolute atomic E-state index is 0.0507. The number of benzene rings is 2. The first-order chi connectivity index (χ1) is 11.0. The SMILES string of the molecule is CC12C=C(c3ccc(F)cc3)c3cc(F)ccc3N1C(=O)CC2. The monoisotopic (exact) mass is 311 g/mol. The van der Waals surface area contributed by atoms with Crippen LogP contribution in [-0.2, 0) is 4.79 Å². The Kier molecular flexibility index (Phi) is 2.92. The van der Waals surface area contributed by atoms with Crippen LogP contribution in [-0.4, -0.2) is 11.4 Å². The topological polar surface area (TPSA) is 20.3 Å². The van der Waals surface area contributed by atoms with Crippen molar-refractivity contribution in [1.82, 2.24) is 0 Å². The van der Waals surface area contributed by atoms with Gasteiger partial charge < -0.3 is 4.90 Å². The van der Waals surface area contributed by atoms with Gasteiger partial charge in [-0.05, 0) is 54.8 Å². The Morgan fingerprint density at radius 2 is 1.74 bits per heavy atom. The van der Waals surface area contributed by atoms with E-state index in [1.54, 1.807) is 23.1 Å². The van der Waals surface area contributed by atoms with E-state index in [0.717, 1.165) is 16.8 Å². The highest BCUT2D eigenvalue weighted by atomic mass is 19.1. The lowest BCUT2D eigenvalue weighted by atomic mass is 9.84. The maximum Gasteiger partial charge on any atom is 0.227 e. The third-order valence-electron chi connectivity index (χ3n) is 4.71. The fourth-order valence-electron chi connectivity index (χ4n) is 3.59. The van der Waals surface area contributed by atoms with Gasteiger partial charge in [0.2, 0.25) is 5.91 Å². The van der Waals surface area contributed by atoms with Gasteiger partial charge in [-0.1, -0.05) is 18.2 Å². The molecule has 2 aromatic rings. The number of carbonyl (C=O) groups is 1. The van der Waals surface area contributed by atoms with E-state index in [0.29, 0.717) is 18.4 Å². The molecule has 4 heteroatoms. The molecule has 2 nitrogen and oxygen atoms in total. The second-order valence-electron chi connectivity index (χ2n) is 6.31. The van der Waals surface area contributed by atoms with Crippen molar-refractivity contribution in [2.24, 2.45) is 0 Å². The van der Waals surface area contributed by atoms with Crippen molar-refractivity contribution < 1.29 is 13.6 Å². The number of hydrogen-bond donors (Lipinski definition) is 0. The third-order valence-corrected chi connectivity index (χ3v) is 4.71. The number of hydrogen-bond acceptors (Lipinski definition) is 1. The smallest absolute Gasteiger partial charge is 0.227 e. The Labute approximate surface area is 133 Å². The van der Waals surface area contributed by atoms with E-state index in [1.807, 2.05) is 13.0 Å². The summed E-state index contributed by atoms with van der Waals surface area (Å²) in [4.78, 5) is 14.1. The number of amides is 1. The first-order valence-electron chi connectivity index (χ1n) is 7.60. The second kappa shape index (κ2) is 4.75. The van der Waals surface area contributed by atoms with Gasteiger partial charge in [-0.25, -0.2) is 8.78 Å². The van der Waals surface area contributed by atoms with Crippen molar-refractivity contribution in [1.29, 1.82) is 0 Å². The van der Waals surface area contributed by atoms with Gasteiger partial charge in [0.25, 0.3) is 0 Å². The summed E-state index contributed by atoms with van der Waals surface area (Å²) in [5, 5.41) is 0. The number of nitrogens with zero attached hydrogens (tertiary/aromatic N) is 1. The van der Waals surface area contributed by atoms with Crippen molar-refractivity contribution in [3.8, 4) is 0 Å². The van der Waals surface area contributed by atoms with Crippen LogP contribution in [0.25, 0.3) is 5.57 Å². The maximum absolute atomic E-state index is 13.8. The average molecular weight is 311 g/mol. The van der Waals surface area contributed by atoms with Gasteiger partial charge in [-0.15, -0.1) is 0 Å². The van der Waals surface area contributed by atoms with Crippen LogP contribution in [0.5, 0.6) is 0 Å². The average Bonchev–Trinajstić information content (AvgIpc) is 2.83. The molecule has 0 saturated carbocycles. The molecule has 2 aliphatic heterocycles. The molecule has 0 N–H and O–H groups in total. The highest BCUT2D eigenvalue weighted by Gasteiger charge is 2.45. The number of rotatable bonds is 1. The molecule has 1 atom stereocenters. The first kappa shape index (κ1) is 14.1. The van der Waals surface area contributed by atoms with Crippen LogP contribution in [0.15, 0.2) is 48.5 Å². The summed E-state index contributed by atoms with van der Waals surface area (Å²) in [6.45, 7) is 2.01. The molecule has 1 amide bonds. The Bertz CT molecular complexity index is 841. The van der Waals surface area contributed by atoms with E-state index in [-0.39, 0.29) is 17.5 Å². The molecule has 0 bridgehead atoms. The summed E-state index contributed by atoms with van der Waals surface area (Å²) in [7, 11) is 0. The third kappa shape index (κ3) is 2.09. The van der Waals surface area contributed by atoms with E-state index < -0.39 is 5.54 Å². The standard InChI is InChI=1S/C19H15F2NO/c1-19-9-8-18(23)22(19)17-7-6-14(21)10-15(17)16(11-19)12-2-4-13(20)5-3-12/h2-7,10-11H,8-9H2,1H3. The summed E-state index contributed by atoms with van der Waals surface area (Å²) in [6, 6.07) is 10.6. The lowest BCUT2D eigenvalue weighted by molar-refractivity contribution is -0.117. The van der Waals surface area contributed by atoms with Gasteiger partial charge in [0, 0.05) is 12.0 Å². The molecule has 0 aliphatic carbocycles. The van der Waals surface area contributed by atoms with Gasteiger partial charge in [-0.2, -0.15) is 0 Å². The van der Waals surface area contributed by atoms with E-state index in [2.05, 4.69) is 0 Å². The molecule has 23 heavy (non-hydrogen) atoms. The highest BCUT2D eigenvalue weighted by Crippen LogP contribution is 2.46. The highest BCUT2D eigenvalue weighted by molar-refractivity contribution is 6.04. The molecule has 0 spiro atoms. The van der Waals surface area contributed by atoms with Crippen LogP contribution in [0.1, 0.15) is 30.9 Å². The predicted molar refractivity (Wildman–Crippen MR) is 85.0 cm³/mol. The van der Waals surface area contributed by atoms with E-state index in [4.69, 9.17) is 0 Å². The summed E-state index contributed by atoms with van der Waals surface area (Å²) >= 11 is 0. The van der Waals surface area contributed by atoms with Crippen LogP contribution in [0.3, 0.4) is 0 Å². The molecular weight excluding hydrogens is 296 g/mol. The lowest BCUT2D eigenvalue weighted by Crippen LogP contribution is -2.44. The summed E-state index contributed by atoms with van der Waals surface area (Å²) < 4.78 is 27.0. The van der Waals surface area contributed by atoms with Gasteiger partial charge in [-0.3, -0.25) is 4.79 Å². The Morgan fingerprint density at radius 3 is 2.48 bits per heavy atom. The van der Waals surface area contributed by atoms with Crippen LogP contribution in [0.2, 0.25) is 0 Å². The van der Waals surface area contributed by atoms with Gasteiger partial charge in [0.15, 0.2) is 0 Å². The van der Waals surface area contributed by atoms with E-state index >= 15 is 0 Å². The molecule has 116 valence electrons. The van der Waals surface area contributed by atoms with Crippen LogP contribution >= 0.6 is 0 Å². The minimum Gasteiger partial charge on any atom is -0.302 e. The molecule has 2 aromatic carbocycles. The number of halogens is 2. The van der Waals surface area contributed by atoms with Crippen molar-refractivity contribution in [2.45, 2.75) is 25.3 Å². The molecule has 2 heterocycles. The van der Waals surface area contributed by atoms with E-state index in [9.17, 15) is 13.6 Å². The van der Waals surface area contributed by atoms with Crippen LogP contribution in [0.4, 0.5) is 14.5 Å². The number of anilines is 1. The Morgan fingerprint density at radius 1 is 1.04 bits per heavy atom. The molecular formula is C19H15F2NO. The summed E-state index contributed by atoms with van der Waals surface area (Å²) in [5.74, 6) is -0.615. The second-order valence-corrected chi connectivity index (χ2v) is 6.31. The van der Waals surface area contributed by atoms with Crippen molar-refractivity contribution in [3.05, 3.63) is 71.3 Å². The largest absolute Gasteiger partial charge is 0.302 e. The number of carbonyl (C=O) groups excluding carboxylic acids is 1. The normalized spacial score (nSPS) is 22.7. The molecule has 1 saturated heterocycles. The fraction of sp³-hybridized carbons (Fsp3) is 0.211. The zero-order chi connectivity index (χ0) is 16.2. The molecule has 1 unspecified atom stereocenters. The van der Waals surface area contributed by atoms with Gasteiger partial charge in [0.05, 0.1) is 11.2 Å². The fourth-order valence-corrected chi connectivity index (χ4v) is 3.59. The number of fused-ring (bicyclic) bond motifs is 3. The molecule has 4 rings (SSSR count). The molecule has 0 radical (unpaired) electrons. The van der Waals surface area contributed by atoms with Crippen LogP contribution < -0.4 is 4.90 Å². The lowest BCUT2D eigenvalue weighted by Gasteiger charge is -2.39. The quantitative estimate of drug-likeness (QED) is 0.769. The molecule has 1 fully saturated rings. The van der Waals surface area contributed by atoms with Crippen molar-refractivity contribution in [2.75, 3.05) is 4.90 Å². The predicted octanol–water partition coefficient (Wildman–Crippen LogP) is 4.30. The van der Waals surface area contributed by atoms with Crippen molar-refractivity contribution >= 4 is 17.2 Å². The maximum atomic E-state index is 13.8. The van der Waals surface area contributed by atoms with Gasteiger partial charge >= 0.3 is 0 Å². The first-order valence-corrected chi connectivity index (χ1v) is 7.60. The zero-order valence-electron chi connectivity index (χ0n) is 12.6. The Balaban J connectivity index is 1.97. The molecule has 0 aromatic heterocycles. The summed E-state index contributed by atoms with van der Waals surface area (Å²) in [6.07, 6.45) is 3.20. The zero-order valence-corrected chi connectivity index (χ0v) is 12.6. The van der Waals surface area contributed by atoms with Crippen LogP contribution in [0, 0.1) is 11.6 Å². The Hall–Kier alpha value is -2.49. The minimum atomic E-state index is -0.425. The molecule has 2 aliphatic rings.